The Labute approximate surface area is 216 Å². The molecule has 1 atom stereocenters. The summed E-state index contributed by atoms with van der Waals surface area (Å²) < 4.78 is 3.84. The predicted molar refractivity (Wildman–Crippen MR) is 141 cm³/mol. The molecule has 2 saturated heterocycles. The number of aromatic nitrogens is 6. The van der Waals surface area contributed by atoms with Crippen LogP contribution in [-0.4, -0.2) is 78.0 Å². The molecule has 0 bridgehead atoms. The molecule has 4 aromatic rings. The lowest BCUT2D eigenvalue weighted by Crippen LogP contribution is -2.47. The third kappa shape index (κ3) is 4.79. The van der Waals surface area contributed by atoms with Crippen LogP contribution in [0.2, 0.25) is 0 Å². The Morgan fingerprint density at radius 1 is 0.811 bits per heavy atom. The fraction of sp³-hybridized carbons (Fsp3) is 0.393. The lowest BCUT2D eigenvalue weighted by molar-refractivity contribution is -0.136. The molecule has 3 aromatic heterocycles. The molecule has 2 aliphatic heterocycles. The number of hydrogen-bond acceptors (Lipinski definition) is 6. The van der Waals surface area contributed by atoms with Crippen molar-refractivity contribution in [3.63, 3.8) is 0 Å². The number of hydrogen-bond donors (Lipinski definition) is 0. The van der Waals surface area contributed by atoms with Crippen LogP contribution in [0.1, 0.15) is 31.7 Å². The quantitative estimate of drug-likeness (QED) is 0.419. The molecule has 9 heteroatoms. The molecule has 0 spiro atoms. The number of carbonyl (C=O) groups excluding carboxylic acids is 1. The molecule has 9 nitrogen and oxygen atoms in total. The summed E-state index contributed by atoms with van der Waals surface area (Å²) in [6, 6.07) is 8.56. The number of aryl methyl sites for hydroxylation is 1. The lowest BCUT2D eigenvalue weighted by Gasteiger charge is -2.34. The number of rotatable bonds is 5. The average Bonchev–Trinajstić information content (AvgIpc) is 3.70. The van der Waals surface area contributed by atoms with Crippen molar-refractivity contribution in [3.05, 3.63) is 61.4 Å². The van der Waals surface area contributed by atoms with Crippen LogP contribution >= 0.6 is 0 Å². The van der Waals surface area contributed by atoms with Gasteiger partial charge in [0.15, 0.2) is 5.82 Å². The maximum absolute atomic E-state index is 12.9. The smallest absolute Gasteiger partial charge is 0.239 e. The molecule has 0 radical (unpaired) electrons. The molecule has 2 aliphatic rings. The molecule has 190 valence electrons. The first-order valence-electron chi connectivity index (χ1n) is 13.0. The minimum absolute atomic E-state index is 0.0636. The van der Waals surface area contributed by atoms with Crippen LogP contribution in [0.3, 0.4) is 0 Å². The second-order valence-electron chi connectivity index (χ2n) is 10.2. The van der Waals surface area contributed by atoms with E-state index in [9.17, 15) is 4.79 Å². The lowest BCUT2D eigenvalue weighted by atomic mass is 10.0. The molecule has 37 heavy (non-hydrogen) atoms. The maximum atomic E-state index is 12.9. The van der Waals surface area contributed by atoms with Gasteiger partial charge in [-0.25, -0.2) is 9.97 Å². The van der Waals surface area contributed by atoms with Gasteiger partial charge in [-0.15, -0.1) is 0 Å². The molecule has 0 saturated carbocycles. The third-order valence-corrected chi connectivity index (χ3v) is 7.70. The number of nitrogens with zero attached hydrogens (tertiary/aromatic N) is 8. The fourth-order valence-corrected chi connectivity index (χ4v) is 5.50. The largest absolute Gasteiger partial charge is 0.341 e. The second kappa shape index (κ2) is 9.89. The van der Waals surface area contributed by atoms with Gasteiger partial charge < -0.3 is 4.90 Å². The summed E-state index contributed by atoms with van der Waals surface area (Å²) in [6.07, 6.45) is 15.5. The molecule has 2 fully saturated rings. The van der Waals surface area contributed by atoms with Gasteiger partial charge in [0.05, 0.1) is 24.5 Å². The van der Waals surface area contributed by atoms with Crippen molar-refractivity contribution in [1.82, 2.24) is 39.3 Å². The summed E-state index contributed by atoms with van der Waals surface area (Å²) in [4.78, 5) is 26.4. The van der Waals surface area contributed by atoms with Gasteiger partial charge in [0, 0.05) is 67.2 Å². The molecule has 6 rings (SSSR count). The number of likely N-dealkylation sites (N-methyl/N-ethyl adjacent to an activating group) is 1. The summed E-state index contributed by atoms with van der Waals surface area (Å²) in [6.45, 7) is 2.60. The van der Waals surface area contributed by atoms with Crippen molar-refractivity contribution in [2.75, 3.05) is 26.7 Å². The van der Waals surface area contributed by atoms with Crippen LogP contribution in [-0.2, 0) is 11.8 Å². The van der Waals surface area contributed by atoms with E-state index in [-0.39, 0.29) is 6.04 Å². The zero-order valence-corrected chi connectivity index (χ0v) is 21.4. The molecule has 0 aliphatic carbocycles. The van der Waals surface area contributed by atoms with Gasteiger partial charge in [-0.3, -0.25) is 19.1 Å². The van der Waals surface area contributed by atoms with Crippen LogP contribution in [0.5, 0.6) is 0 Å². The minimum atomic E-state index is 0.0636. The van der Waals surface area contributed by atoms with Gasteiger partial charge in [-0.2, -0.15) is 10.2 Å². The van der Waals surface area contributed by atoms with Crippen LogP contribution in [0, 0.1) is 0 Å². The second-order valence-corrected chi connectivity index (χ2v) is 10.2. The van der Waals surface area contributed by atoms with Crippen LogP contribution in [0.15, 0.2) is 61.4 Å². The van der Waals surface area contributed by atoms with E-state index in [4.69, 9.17) is 0 Å². The van der Waals surface area contributed by atoms with E-state index in [2.05, 4.69) is 50.4 Å². The van der Waals surface area contributed by atoms with Crippen molar-refractivity contribution < 1.29 is 4.79 Å². The standard InChI is InChI=1S/C28H32N8O/c1-33-10-4-7-26(33)28(37)35-11-8-25(9-12-35)36-19-24(17-32-36)22-14-29-27(30-15-22)21-6-3-5-20(13-21)23-16-31-34(2)18-23/h3,5-6,13-19,25-26H,4,7-12H2,1-2H3/t26-/m0/s1. The number of likely N-dealkylation sites (tertiary alicyclic amines) is 2. The van der Waals surface area contributed by atoms with E-state index >= 15 is 0 Å². The number of benzene rings is 1. The third-order valence-electron chi connectivity index (χ3n) is 7.70. The Morgan fingerprint density at radius 2 is 1.54 bits per heavy atom. The zero-order chi connectivity index (χ0) is 25.4. The molecule has 5 heterocycles. The molecular weight excluding hydrogens is 464 g/mol. The highest BCUT2D eigenvalue weighted by atomic mass is 16.2. The number of piperidine rings is 1. The highest BCUT2D eigenvalue weighted by Crippen LogP contribution is 2.28. The van der Waals surface area contributed by atoms with Crippen molar-refractivity contribution in [3.8, 4) is 33.6 Å². The Kier molecular flexibility index (Phi) is 6.30. The maximum Gasteiger partial charge on any atom is 0.239 e. The van der Waals surface area contributed by atoms with E-state index < -0.39 is 0 Å². The Bertz CT molecular complexity index is 1380. The first-order valence-corrected chi connectivity index (χ1v) is 13.0. The Balaban J connectivity index is 1.11. The van der Waals surface area contributed by atoms with Gasteiger partial charge in [-0.1, -0.05) is 18.2 Å². The van der Waals surface area contributed by atoms with Crippen LogP contribution in [0.25, 0.3) is 33.6 Å². The summed E-state index contributed by atoms with van der Waals surface area (Å²) in [5.41, 5.74) is 5.06. The van der Waals surface area contributed by atoms with Crippen molar-refractivity contribution in [2.45, 2.75) is 37.8 Å². The van der Waals surface area contributed by atoms with Gasteiger partial charge in [-0.05, 0) is 50.9 Å². The summed E-state index contributed by atoms with van der Waals surface area (Å²) in [5, 5.41) is 8.91. The van der Waals surface area contributed by atoms with E-state index in [1.54, 1.807) is 4.68 Å². The highest BCUT2D eigenvalue weighted by molar-refractivity contribution is 5.82. The molecule has 1 aromatic carbocycles. The fourth-order valence-electron chi connectivity index (χ4n) is 5.50. The number of carbonyl (C=O) groups is 1. The summed E-state index contributed by atoms with van der Waals surface area (Å²) in [5.74, 6) is 0.981. The normalized spacial score (nSPS) is 19.0. The van der Waals surface area contributed by atoms with Gasteiger partial charge in [0.25, 0.3) is 0 Å². The Hall–Kier alpha value is -3.85. The highest BCUT2D eigenvalue weighted by Gasteiger charge is 2.33. The summed E-state index contributed by atoms with van der Waals surface area (Å²) >= 11 is 0. The number of amides is 1. The van der Waals surface area contributed by atoms with Crippen molar-refractivity contribution in [1.29, 1.82) is 0 Å². The van der Waals surface area contributed by atoms with Crippen molar-refractivity contribution in [2.24, 2.45) is 7.05 Å². The molecule has 0 N–H and O–H groups in total. The predicted octanol–water partition coefficient (Wildman–Crippen LogP) is 3.67. The summed E-state index contributed by atoms with van der Waals surface area (Å²) in [7, 11) is 3.97. The topological polar surface area (TPSA) is 85.0 Å². The van der Waals surface area contributed by atoms with E-state index in [1.165, 1.54) is 0 Å². The van der Waals surface area contributed by atoms with Crippen molar-refractivity contribution >= 4 is 5.91 Å². The van der Waals surface area contributed by atoms with Gasteiger partial charge in [0.1, 0.15) is 0 Å². The van der Waals surface area contributed by atoms with E-state index in [0.717, 1.165) is 73.1 Å². The van der Waals surface area contributed by atoms with E-state index in [1.807, 2.05) is 59.7 Å². The van der Waals surface area contributed by atoms with Crippen LogP contribution in [0.4, 0.5) is 0 Å². The zero-order valence-electron chi connectivity index (χ0n) is 21.4. The Morgan fingerprint density at radius 3 is 2.24 bits per heavy atom. The first-order chi connectivity index (χ1) is 18.0. The van der Waals surface area contributed by atoms with Gasteiger partial charge in [0.2, 0.25) is 5.91 Å². The SMILES string of the molecule is CN1CCC[C@H]1C(=O)N1CCC(n2cc(-c3cnc(-c4cccc(-c5cnn(C)c5)c4)nc3)cn2)CC1. The van der Waals surface area contributed by atoms with Gasteiger partial charge >= 0.3 is 0 Å². The molecular formula is C28H32N8O. The molecule has 0 unspecified atom stereocenters. The monoisotopic (exact) mass is 496 g/mol. The first kappa shape index (κ1) is 23.5. The van der Waals surface area contributed by atoms with Crippen LogP contribution < -0.4 is 0 Å². The molecule has 1 amide bonds. The van der Waals surface area contributed by atoms with E-state index in [0.29, 0.717) is 17.8 Å². The minimum Gasteiger partial charge on any atom is -0.341 e. The average molecular weight is 497 g/mol.